The lowest BCUT2D eigenvalue weighted by atomic mass is 10.4. The summed E-state index contributed by atoms with van der Waals surface area (Å²) in [6.45, 7) is 0.315. The first-order chi connectivity index (χ1) is 8.56. The van der Waals surface area contributed by atoms with Gasteiger partial charge in [0, 0.05) is 6.54 Å². The molecule has 2 N–H and O–H groups in total. The molecular weight excluding hydrogens is 247 g/mol. The molecule has 0 aliphatic rings. The molecule has 96 valence electrons. The van der Waals surface area contributed by atoms with Crippen LogP contribution >= 0.6 is 0 Å². The molecule has 0 radical (unpaired) electrons. The number of nitrogens with one attached hydrogen (secondary N) is 2. The van der Waals surface area contributed by atoms with Gasteiger partial charge in [0.15, 0.2) is 0 Å². The highest BCUT2D eigenvalue weighted by molar-refractivity contribution is 5.76. The van der Waals surface area contributed by atoms with Crippen molar-refractivity contribution in [1.29, 1.82) is 0 Å². The maximum Gasteiger partial charge on any atom is 0.336 e. The molecular formula is C9H9FN4O4. The molecule has 1 aromatic heterocycles. The molecule has 0 aliphatic heterocycles. The smallest absolute Gasteiger partial charge is 0.336 e. The molecule has 0 aliphatic carbocycles. The van der Waals surface area contributed by atoms with Crippen LogP contribution in [0.3, 0.4) is 0 Å². The number of hydrogen-bond donors (Lipinski definition) is 2. The van der Waals surface area contributed by atoms with E-state index < -0.39 is 23.1 Å². The van der Waals surface area contributed by atoms with E-state index in [0.717, 1.165) is 0 Å². The summed E-state index contributed by atoms with van der Waals surface area (Å²) in [6, 6.07) is -0.884. The van der Waals surface area contributed by atoms with Gasteiger partial charge < -0.3 is 5.32 Å². The van der Waals surface area contributed by atoms with Crippen LogP contribution < -0.4 is 16.6 Å². The third kappa shape index (κ3) is 3.49. The van der Waals surface area contributed by atoms with Crippen molar-refractivity contribution in [3.05, 3.63) is 32.9 Å². The monoisotopic (exact) mass is 256 g/mol. The molecule has 1 heterocycles. The van der Waals surface area contributed by atoms with E-state index in [9.17, 15) is 23.6 Å². The van der Waals surface area contributed by atoms with E-state index in [4.69, 9.17) is 0 Å². The highest BCUT2D eigenvalue weighted by Gasteiger charge is 2.09. The zero-order valence-corrected chi connectivity index (χ0v) is 9.10. The summed E-state index contributed by atoms with van der Waals surface area (Å²) in [5.41, 5.74) is -2.23. The molecule has 0 atom stereocenters. The van der Waals surface area contributed by atoms with Gasteiger partial charge in [-0.2, -0.15) is 4.39 Å². The summed E-state index contributed by atoms with van der Waals surface area (Å²) < 4.78 is 13.3. The second-order valence-corrected chi connectivity index (χ2v) is 3.16. The van der Waals surface area contributed by atoms with Crippen LogP contribution in [0, 0.1) is 5.82 Å². The number of halogens is 1. The van der Waals surface area contributed by atoms with Crippen LogP contribution in [0.5, 0.6) is 0 Å². The number of carbonyl (C=O) groups excluding carboxylic acids is 2. The first kappa shape index (κ1) is 13.5. The Kier molecular flexibility index (Phi) is 4.70. The lowest BCUT2D eigenvalue weighted by Crippen LogP contribution is -2.41. The van der Waals surface area contributed by atoms with Gasteiger partial charge in [-0.1, -0.05) is 0 Å². The van der Waals surface area contributed by atoms with Crippen molar-refractivity contribution in [2.75, 3.05) is 13.1 Å². The fourth-order valence-electron chi connectivity index (χ4n) is 1.08. The Balaban J connectivity index is 2.67. The van der Waals surface area contributed by atoms with Crippen LogP contribution in [-0.2, 0) is 4.79 Å². The minimum absolute atomic E-state index is 0.136. The number of carbonyl (C=O) groups is 1. The summed E-state index contributed by atoms with van der Waals surface area (Å²) in [5, 5.41) is 2.29. The Morgan fingerprint density at radius 3 is 2.94 bits per heavy atom. The lowest BCUT2D eigenvalue weighted by Gasteiger charge is -2.05. The molecule has 0 aromatic carbocycles. The second-order valence-electron chi connectivity index (χ2n) is 3.16. The average Bonchev–Trinajstić information content (AvgIpc) is 2.33. The highest BCUT2D eigenvalue weighted by Crippen LogP contribution is 1.85. The number of nitrogens with zero attached hydrogens (tertiary/aromatic N) is 2. The number of isocyanates is 1. The SMILES string of the molecule is O=C=NCCCNC(=O)n1cc(F)c(=O)[nH]c1=O. The highest BCUT2D eigenvalue weighted by atomic mass is 19.1. The zero-order valence-electron chi connectivity index (χ0n) is 9.10. The van der Waals surface area contributed by atoms with Crippen LogP contribution in [0.2, 0.25) is 0 Å². The van der Waals surface area contributed by atoms with Gasteiger partial charge in [0.1, 0.15) is 0 Å². The number of amides is 1. The molecule has 0 unspecified atom stereocenters. The van der Waals surface area contributed by atoms with Crippen molar-refractivity contribution in [1.82, 2.24) is 14.9 Å². The van der Waals surface area contributed by atoms with E-state index in [-0.39, 0.29) is 13.1 Å². The van der Waals surface area contributed by atoms with Gasteiger partial charge >= 0.3 is 11.7 Å². The molecule has 1 rings (SSSR count). The number of hydrogen-bond acceptors (Lipinski definition) is 5. The van der Waals surface area contributed by atoms with Crippen molar-refractivity contribution in [2.45, 2.75) is 6.42 Å². The van der Waals surface area contributed by atoms with Crippen molar-refractivity contribution in [2.24, 2.45) is 4.99 Å². The number of aromatic amines is 1. The van der Waals surface area contributed by atoms with Gasteiger partial charge in [-0.05, 0) is 6.42 Å². The van der Waals surface area contributed by atoms with Gasteiger partial charge in [0.2, 0.25) is 11.9 Å². The summed E-state index contributed by atoms with van der Waals surface area (Å²) in [6.07, 6.45) is 2.19. The molecule has 1 amide bonds. The third-order valence-corrected chi connectivity index (χ3v) is 1.90. The summed E-state index contributed by atoms with van der Waals surface area (Å²) in [5.74, 6) is -1.24. The lowest BCUT2D eigenvalue weighted by molar-refractivity contribution is 0.240. The van der Waals surface area contributed by atoms with Gasteiger partial charge in [-0.3, -0.25) is 9.78 Å². The standard InChI is InChI=1S/C9H9FN4O4/c10-6-4-14(9(18)13-7(6)16)8(17)12-3-1-2-11-5-15/h4H,1-3H2,(H,12,17)(H,13,16,18). The van der Waals surface area contributed by atoms with Crippen molar-refractivity contribution < 1.29 is 14.0 Å². The van der Waals surface area contributed by atoms with Crippen LogP contribution in [0.4, 0.5) is 9.18 Å². The second kappa shape index (κ2) is 6.26. The van der Waals surface area contributed by atoms with E-state index in [1.54, 1.807) is 4.98 Å². The Hall–Kier alpha value is -2.54. The molecule has 0 fully saturated rings. The summed E-state index contributed by atoms with van der Waals surface area (Å²) >= 11 is 0. The predicted octanol–water partition coefficient (Wildman–Crippen LogP) is -1.04. The van der Waals surface area contributed by atoms with E-state index in [1.165, 1.54) is 6.08 Å². The normalized spacial score (nSPS) is 9.61. The van der Waals surface area contributed by atoms with E-state index >= 15 is 0 Å². The van der Waals surface area contributed by atoms with Crippen molar-refractivity contribution in [3.63, 3.8) is 0 Å². The quantitative estimate of drug-likeness (QED) is 0.407. The third-order valence-electron chi connectivity index (χ3n) is 1.90. The molecule has 0 saturated carbocycles. The fourth-order valence-corrected chi connectivity index (χ4v) is 1.08. The van der Waals surface area contributed by atoms with Crippen LogP contribution in [-0.4, -0.2) is 34.8 Å². The summed E-state index contributed by atoms with van der Waals surface area (Å²) in [7, 11) is 0. The first-order valence-corrected chi connectivity index (χ1v) is 4.89. The predicted molar refractivity (Wildman–Crippen MR) is 57.7 cm³/mol. The molecule has 0 saturated heterocycles. The van der Waals surface area contributed by atoms with Crippen molar-refractivity contribution >= 4 is 12.1 Å². The van der Waals surface area contributed by atoms with Gasteiger partial charge in [-0.25, -0.2) is 23.9 Å². The fraction of sp³-hybridized carbons (Fsp3) is 0.333. The van der Waals surface area contributed by atoms with E-state index in [2.05, 4.69) is 10.3 Å². The largest absolute Gasteiger partial charge is 0.337 e. The molecule has 18 heavy (non-hydrogen) atoms. The number of H-pyrrole nitrogens is 1. The number of aromatic nitrogens is 2. The Morgan fingerprint density at radius 2 is 2.28 bits per heavy atom. The summed E-state index contributed by atoms with van der Waals surface area (Å²) in [4.78, 5) is 48.0. The Bertz CT molecular complexity index is 599. The molecule has 0 bridgehead atoms. The van der Waals surface area contributed by atoms with E-state index in [0.29, 0.717) is 17.2 Å². The molecule has 9 heteroatoms. The van der Waals surface area contributed by atoms with Crippen LogP contribution in [0.25, 0.3) is 0 Å². The minimum Gasteiger partial charge on any atom is -0.337 e. The number of aliphatic imine (C=N–C) groups is 1. The van der Waals surface area contributed by atoms with Gasteiger partial charge in [-0.15, -0.1) is 0 Å². The maximum absolute atomic E-state index is 12.9. The maximum atomic E-state index is 12.9. The first-order valence-electron chi connectivity index (χ1n) is 4.89. The van der Waals surface area contributed by atoms with E-state index in [1.807, 2.05) is 0 Å². The topological polar surface area (TPSA) is 113 Å². The molecule has 8 nitrogen and oxygen atoms in total. The van der Waals surface area contributed by atoms with Gasteiger partial charge in [0.05, 0.1) is 12.7 Å². The zero-order chi connectivity index (χ0) is 13.5. The average molecular weight is 256 g/mol. The van der Waals surface area contributed by atoms with Gasteiger partial charge in [0.25, 0.3) is 5.56 Å². The minimum atomic E-state index is -1.24. The van der Waals surface area contributed by atoms with Crippen LogP contribution in [0.1, 0.15) is 6.42 Å². The molecule has 0 spiro atoms. The number of rotatable bonds is 4. The Morgan fingerprint density at radius 1 is 1.56 bits per heavy atom. The van der Waals surface area contributed by atoms with Crippen LogP contribution in [0.15, 0.2) is 20.8 Å². The Labute approximate surface area is 99.2 Å². The molecule has 1 aromatic rings. The van der Waals surface area contributed by atoms with Crippen molar-refractivity contribution in [3.8, 4) is 0 Å².